The summed E-state index contributed by atoms with van der Waals surface area (Å²) < 4.78 is 2.13. The number of rotatable bonds is 4. The van der Waals surface area contributed by atoms with Crippen molar-refractivity contribution in [1.29, 1.82) is 0 Å². The molecule has 3 aromatic rings. The number of hydrogen-bond donors (Lipinski definition) is 1. The van der Waals surface area contributed by atoms with Gasteiger partial charge in [0.2, 0.25) is 5.91 Å². The Bertz CT molecular complexity index is 1000. The van der Waals surface area contributed by atoms with Gasteiger partial charge in [0.05, 0.1) is 29.5 Å². The number of aryl methyl sites for hydroxylation is 1. The highest BCUT2D eigenvalue weighted by Crippen LogP contribution is 2.42. The van der Waals surface area contributed by atoms with Crippen LogP contribution in [0.3, 0.4) is 0 Å². The maximum atomic E-state index is 12.8. The molecular weight excluding hydrogens is 364 g/mol. The quantitative estimate of drug-likeness (QED) is 0.744. The number of hydrogen-bond acceptors (Lipinski definition) is 4. The molecule has 1 amide bonds. The van der Waals surface area contributed by atoms with Gasteiger partial charge in [-0.3, -0.25) is 9.78 Å². The average Bonchev–Trinajstić information content (AvgIpc) is 3.36. The molecule has 29 heavy (non-hydrogen) atoms. The first-order chi connectivity index (χ1) is 14.2. The summed E-state index contributed by atoms with van der Waals surface area (Å²) in [5.74, 6) is 1.05. The molecule has 6 nitrogen and oxygen atoms in total. The lowest BCUT2D eigenvalue weighted by molar-refractivity contribution is -0.130. The second-order valence-corrected chi connectivity index (χ2v) is 8.42. The highest BCUT2D eigenvalue weighted by Gasteiger charge is 2.43. The Hall–Kier alpha value is -2.73. The van der Waals surface area contributed by atoms with Crippen LogP contribution in [-0.4, -0.2) is 49.6 Å². The minimum Gasteiger partial charge on any atom is -0.391 e. The van der Waals surface area contributed by atoms with Gasteiger partial charge in [-0.15, -0.1) is 0 Å². The third-order valence-electron chi connectivity index (χ3n) is 6.68. The van der Waals surface area contributed by atoms with E-state index in [1.165, 1.54) is 0 Å². The standard InChI is InChI=1S/C23H26N4O2/c28-22-12-18-14-26(23(29)6-5-16-7-9-24-10-8-16)13-17(18)11-21(22)27-15-25-19-3-1-2-4-20(19)27/h1-4,7-10,15,17-18,21-22,28H,5-6,11-14H2/t17-,18+,21-,22-/m1/s1. The van der Waals surface area contributed by atoms with Gasteiger partial charge in [-0.1, -0.05) is 12.1 Å². The van der Waals surface area contributed by atoms with Crippen LogP contribution < -0.4 is 0 Å². The monoisotopic (exact) mass is 390 g/mol. The van der Waals surface area contributed by atoms with E-state index in [0.29, 0.717) is 18.3 Å². The lowest BCUT2D eigenvalue weighted by Gasteiger charge is -2.36. The lowest BCUT2D eigenvalue weighted by Crippen LogP contribution is -2.36. The van der Waals surface area contributed by atoms with E-state index in [0.717, 1.165) is 48.9 Å². The molecule has 5 rings (SSSR count). The molecular formula is C23H26N4O2. The molecule has 1 aliphatic heterocycles. The molecule has 1 N–H and O–H groups in total. The summed E-state index contributed by atoms with van der Waals surface area (Å²) in [4.78, 5) is 23.3. The van der Waals surface area contributed by atoms with E-state index in [2.05, 4.69) is 20.6 Å². The molecule has 2 aromatic heterocycles. The predicted octanol–water partition coefficient (Wildman–Crippen LogP) is 2.83. The molecule has 6 heteroatoms. The van der Waals surface area contributed by atoms with Gasteiger partial charge in [0, 0.05) is 31.9 Å². The van der Waals surface area contributed by atoms with E-state index in [1.54, 1.807) is 12.4 Å². The van der Waals surface area contributed by atoms with Crippen molar-refractivity contribution in [3.63, 3.8) is 0 Å². The highest BCUT2D eigenvalue weighted by atomic mass is 16.3. The Kier molecular flexibility index (Phi) is 4.79. The van der Waals surface area contributed by atoms with Gasteiger partial charge >= 0.3 is 0 Å². The molecule has 0 bridgehead atoms. The van der Waals surface area contributed by atoms with Crippen LogP contribution in [0.5, 0.6) is 0 Å². The highest BCUT2D eigenvalue weighted by molar-refractivity contribution is 5.77. The summed E-state index contributed by atoms with van der Waals surface area (Å²) in [5, 5.41) is 10.9. The number of likely N-dealkylation sites (tertiary alicyclic amines) is 1. The number of carbonyl (C=O) groups is 1. The number of aromatic nitrogens is 3. The molecule has 0 unspecified atom stereocenters. The summed E-state index contributed by atoms with van der Waals surface area (Å²) in [6, 6.07) is 12.0. The second kappa shape index (κ2) is 7.59. The Balaban J connectivity index is 1.26. The van der Waals surface area contributed by atoms with Gasteiger partial charge in [-0.05, 0) is 60.9 Å². The van der Waals surface area contributed by atoms with Gasteiger partial charge in [0.15, 0.2) is 0 Å². The summed E-state index contributed by atoms with van der Waals surface area (Å²) in [6.07, 6.45) is 7.90. The molecule has 0 spiro atoms. The normalized spacial score (nSPS) is 26.6. The molecule has 1 aromatic carbocycles. The molecule has 1 saturated carbocycles. The molecule has 1 aliphatic carbocycles. The fraction of sp³-hybridized carbons (Fsp3) is 0.435. The number of benzene rings is 1. The zero-order chi connectivity index (χ0) is 19.8. The van der Waals surface area contributed by atoms with E-state index in [9.17, 15) is 9.90 Å². The third kappa shape index (κ3) is 3.53. The topological polar surface area (TPSA) is 71.2 Å². The zero-order valence-corrected chi connectivity index (χ0v) is 16.4. The summed E-state index contributed by atoms with van der Waals surface area (Å²) in [6.45, 7) is 1.57. The van der Waals surface area contributed by atoms with Crippen molar-refractivity contribution in [3.05, 3.63) is 60.7 Å². The minimum atomic E-state index is -0.402. The Morgan fingerprint density at radius 1 is 1.07 bits per heavy atom. The molecule has 1 saturated heterocycles. The van der Waals surface area contributed by atoms with Gasteiger partial charge in [-0.25, -0.2) is 4.98 Å². The molecule has 4 atom stereocenters. The smallest absolute Gasteiger partial charge is 0.222 e. The largest absolute Gasteiger partial charge is 0.391 e. The number of amides is 1. The van der Waals surface area contributed by atoms with E-state index in [1.807, 2.05) is 41.6 Å². The number of nitrogens with zero attached hydrogens (tertiary/aromatic N) is 4. The van der Waals surface area contributed by atoms with Crippen LogP contribution in [0.1, 0.15) is 30.9 Å². The lowest BCUT2D eigenvalue weighted by atomic mass is 9.77. The van der Waals surface area contributed by atoms with Crippen molar-refractivity contribution >= 4 is 16.9 Å². The zero-order valence-electron chi connectivity index (χ0n) is 16.4. The maximum Gasteiger partial charge on any atom is 0.222 e. The van der Waals surface area contributed by atoms with Crippen molar-refractivity contribution in [3.8, 4) is 0 Å². The average molecular weight is 390 g/mol. The van der Waals surface area contributed by atoms with Crippen LogP contribution in [0.15, 0.2) is 55.1 Å². The SMILES string of the molecule is O=C(CCc1ccncc1)N1C[C@H]2C[C@@H](n3cnc4ccccc43)[C@H](O)C[C@H]2C1. The van der Waals surface area contributed by atoms with Crippen LogP contribution in [0.2, 0.25) is 0 Å². The number of fused-ring (bicyclic) bond motifs is 2. The molecule has 150 valence electrons. The number of aliphatic hydroxyl groups is 1. The minimum absolute atomic E-state index is 0.0236. The van der Waals surface area contributed by atoms with Crippen molar-refractivity contribution < 1.29 is 9.90 Å². The van der Waals surface area contributed by atoms with Crippen LogP contribution >= 0.6 is 0 Å². The fourth-order valence-corrected chi connectivity index (χ4v) is 5.11. The predicted molar refractivity (Wildman–Crippen MR) is 110 cm³/mol. The summed E-state index contributed by atoms with van der Waals surface area (Å²) >= 11 is 0. The van der Waals surface area contributed by atoms with E-state index >= 15 is 0 Å². The van der Waals surface area contributed by atoms with Gasteiger partial charge in [0.25, 0.3) is 0 Å². The fourth-order valence-electron chi connectivity index (χ4n) is 5.11. The van der Waals surface area contributed by atoms with Crippen LogP contribution in [0.4, 0.5) is 0 Å². The van der Waals surface area contributed by atoms with Crippen LogP contribution in [0, 0.1) is 11.8 Å². The Labute approximate surface area is 170 Å². The van der Waals surface area contributed by atoms with E-state index in [4.69, 9.17) is 0 Å². The van der Waals surface area contributed by atoms with Gasteiger partial charge in [0.1, 0.15) is 0 Å². The van der Waals surface area contributed by atoms with Crippen molar-refractivity contribution in [2.45, 2.75) is 37.8 Å². The van der Waals surface area contributed by atoms with Crippen molar-refractivity contribution in [2.75, 3.05) is 13.1 Å². The van der Waals surface area contributed by atoms with Crippen LogP contribution in [-0.2, 0) is 11.2 Å². The van der Waals surface area contributed by atoms with E-state index < -0.39 is 6.10 Å². The number of para-hydroxylation sites is 2. The van der Waals surface area contributed by atoms with Gasteiger partial charge < -0.3 is 14.6 Å². The van der Waals surface area contributed by atoms with E-state index in [-0.39, 0.29) is 11.9 Å². The Morgan fingerprint density at radius 2 is 1.83 bits per heavy atom. The summed E-state index contributed by atoms with van der Waals surface area (Å²) in [5.41, 5.74) is 3.17. The Morgan fingerprint density at radius 3 is 2.66 bits per heavy atom. The molecule has 0 radical (unpaired) electrons. The summed E-state index contributed by atoms with van der Waals surface area (Å²) in [7, 11) is 0. The number of aliphatic hydroxyl groups excluding tert-OH is 1. The molecule has 2 fully saturated rings. The first kappa shape index (κ1) is 18.3. The van der Waals surface area contributed by atoms with Crippen LogP contribution in [0.25, 0.3) is 11.0 Å². The first-order valence-electron chi connectivity index (χ1n) is 10.5. The molecule has 3 heterocycles. The number of pyridine rings is 1. The third-order valence-corrected chi connectivity index (χ3v) is 6.68. The number of carbonyl (C=O) groups excluding carboxylic acids is 1. The maximum absolute atomic E-state index is 12.8. The van der Waals surface area contributed by atoms with Crippen molar-refractivity contribution in [1.82, 2.24) is 19.4 Å². The first-order valence-corrected chi connectivity index (χ1v) is 10.5. The number of imidazole rings is 1. The van der Waals surface area contributed by atoms with Crippen molar-refractivity contribution in [2.24, 2.45) is 11.8 Å². The molecule has 2 aliphatic rings. The van der Waals surface area contributed by atoms with Gasteiger partial charge in [-0.2, -0.15) is 0 Å². The second-order valence-electron chi connectivity index (χ2n) is 8.42.